The van der Waals surface area contributed by atoms with Crippen molar-refractivity contribution in [3.05, 3.63) is 52.0 Å². The monoisotopic (exact) mass is 430 g/mol. The molecule has 1 saturated heterocycles. The van der Waals surface area contributed by atoms with E-state index in [1.54, 1.807) is 4.31 Å². The van der Waals surface area contributed by atoms with Crippen molar-refractivity contribution < 1.29 is 8.42 Å². The largest absolute Gasteiger partial charge is 0.354 e. The van der Waals surface area contributed by atoms with Gasteiger partial charge in [-0.2, -0.15) is 4.31 Å². The number of sulfonamides is 1. The van der Waals surface area contributed by atoms with Gasteiger partial charge in [0.25, 0.3) is 0 Å². The summed E-state index contributed by atoms with van der Waals surface area (Å²) in [5.41, 5.74) is 5.95. The normalized spacial score (nSPS) is 16.7. The Morgan fingerprint density at radius 3 is 2.33 bits per heavy atom. The smallest absolute Gasteiger partial charge is 0.211 e. The summed E-state index contributed by atoms with van der Waals surface area (Å²) in [6, 6.07) is 6.54. The molecule has 0 spiro atoms. The molecule has 1 unspecified atom stereocenters. The maximum atomic E-state index is 11.9. The second-order valence-electron chi connectivity index (χ2n) is 8.53. The second kappa shape index (κ2) is 9.02. The Balaban J connectivity index is 2.00. The SMILES string of the molecule is CCC(C)c1nc(C)c(Cc2cc(C)ccc2C)c(N2CCN(S(C)(=O)=O)CC2)n1. The first-order valence-electron chi connectivity index (χ1n) is 10.7. The van der Waals surface area contributed by atoms with Crippen LogP contribution in [0.5, 0.6) is 0 Å². The fourth-order valence-electron chi connectivity index (χ4n) is 3.89. The molecule has 1 atom stereocenters. The minimum absolute atomic E-state index is 0.287. The number of aryl methyl sites for hydroxylation is 3. The fraction of sp³-hybridized carbons (Fsp3) is 0.565. The van der Waals surface area contributed by atoms with Gasteiger partial charge in [-0.3, -0.25) is 0 Å². The van der Waals surface area contributed by atoms with Crippen LogP contribution in [-0.2, 0) is 16.4 Å². The van der Waals surface area contributed by atoms with Gasteiger partial charge in [0.15, 0.2) is 0 Å². The van der Waals surface area contributed by atoms with Crippen molar-refractivity contribution in [3.63, 3.8) is 0 Å². The Labute approximate surface area is 181 Å². The number of piperazine rings is 1. The Hall–Kier alpha value is -1.99. The minimum atomic E-state index is -3.16. The van der Waals surface area contributed by atoms with Gasteiger partial charge in [0.2, 0.25) is 10.0 Å². The summed E-state index contributed by atoms with van der Waals surface area (Å²) in [5, 5.41) is 0. The van der Waals surface area contributed by atoms with Crippen LogP contribution in [0.4, 0.5) is 5.82 Å². The zero-order chi connectivity index (χ0) is 22.1. The van der Waals surface area contributed by atoms with Gasteiger partial charge < -0.3 is 4.90 Å². The third-order valence-corrected chi connectivity index (χ3v) is 7.44. The minimum Gasteiger partial charge on any atom is -0.354 e. The Bertz CT molecular complexity index is 1010. The molecule has 1 aliphatic rings. The highest BCUT2D eigenvalue weighted by molar-refractivity contribution is 7.88. The Kier molecular flexibility index (Phi) is 6.82. The molecule has 2 heterocycles. The molecule has 164 valence electrons. The first-order valence-corrected chi connectivity index (χ1v) is 12.6. The fourth-order valence-corrected chi connectivity index (χ4v) is 4.71. The molecule has 1 fully saturated rings. The lowest BCUT2D eigenvalue weighted by atomic mass is 9.97. The van der Waals surface area contributed by atoms with Crippen LogP contribution in [0.3, 0.4) is 0 Å². The number of hydrogen-bond donors (Lipinski definition) is 0. The third-order valence-electron chi connectivity index (χ3n) is 6.14. The van der Waals surface area contributed by atoms with Crippen molar-refractivity contribution in [1.29, 1.82) is 0 Å². The number of nitrogens with zero attached hydrogens (tertiary/aromatic N) is 4. The quantitative estimate of drug-likeness (QED) is 0.701. The molecule has 7 heteroatoms. The summed E-state index contributed by atoms with van der Waals surface area (Å²) in [6.45, 7) is 12.9. The van der Waals surface area contributed by atoms with Gasteiger partial charge in [-0.1, -0.05) is 37.6 Å². The molecule has 0 N–H and O–H groups in total. The predicted octanol–water partition coefficient (Wildman–Crippen LogP) is 3.59. The molecule has 1 aromatic heterocycles. The number of aromatic nitrogens is 2. The molecule has 0 aliphatic carbocycles. The summed E-state index contributed by atoms with van der Waals surface area (Å²) >= 11 is 0. The molecule has 1 aliphatic heterocycles. The van der Waals surface area contributed by atoms with E-state index in [0.29, 0.717) is 26.2 Å². The van der Waals surface area contributed by atoms with Gasteiger partial charge in [0, 0.05) is 49.8 Å². The summed E-state index contributed by atoms with van der Waals surface area (Å²) < 4.78 is 25.4. The summed E-state index contributed by atoms with van der Waals surface area (Å²) in [4.78, 5) is 12.1. The summed E-state index contributed by atoms with van der Waals surface area (Å²) in [5.74, 6) is 2.13. The molecule has 0 radical (unpaired) electrons. The zero-order valence-electron chi connectivity index (χ0n) is 19.1. The van der Waals surface area contributed by atoms with Crippen molar-refractivity contribution in [2.24, 2.45) is 0 Å². The topological polar surface area (TPSA) is 66.4 Å². The zero-order valence-corrected chi connectivity index (χ0v) is 19.9. The van der Waals surface area contributed by atoms with Crippen LogP contribution < -0.4 is 4.90 Å². The molecule has 0 bridgehead atoms. The lowest BCUT2D eigenvalue weighted by Crippen LogP contribution is -2.49. The first-order chi connectivity index (χ1) is 14.1. The van der Waals surface area contributed by atoms with Gasteiger partial charge in [-0.05, 0) is 38.3 Å². The maximum absolute atomic E-state index is 11.9. The third kappa shape index (κ3) is 5.01. The number of rotatable bonds is 6. The van der Waals surface area contributed by atoms with E-state index >= 15 is 0 Å². The molecule has 0 saturated carbocycles. The van der Waals surface area contributed by atoms with Crippen LogP contribution in [0.1, 0.15) is 60.0 Å². The van der Waals surface area contributed by atoms with Crippen molar-refractivity contribution in [2.75, 3.05) is 37.3 Å². The van der Waals surface area contributed by atoms with E-state index in [1.807, 2.05) is 0 Å². The molecule has 6 nitrogen and oxygen atoms in total. The van der Waals surface area contributed by atoms with E-state index in [1.165, 1.54) is 22.9 Å². The molecular formula is C23H34N4O2S. The lowest BCUT2D eigenvalue weighted by Gasteiger charge is -2.35. The summed E-state index contributed by atoms with van der Waals surface area (Å²) in [6.07, 6.45) is 3.04. The van der Waals surface area contributed by atoms with Gasteiger partial charge >= 0.3 is 0 Å². The number of anilines is 1. The van der Waals surface area contributed by atoms with Gasteiger partial charge in [-0.15, -0.1) is 0 Å². The maximum Gasteiger partial charge on any atom is 0.211 e. The molecule has 3 rings (SSSR count). The number of hydrogen-bond acceptors (Lipinski definition) is 5. The average molecular weight is 431 g/mol. The highest BCUT2D eigenvalue weighted by Gasteiger charge is 2.27. The predicted molar refractivity (Wildman–Crippen MR) is 123 cm³/mol. The second-order valence-corrected chi connectivity index (χ2v) is 10.5. The van der Waals surface area contributed by atoms with Crippen LogP contribution in [0.2, 0.25) is 0 Å². The van der Waals surface area contributed by atoms with Crippen LogP contribution >= 0.6 is 0 Å². The van der Waals surface area contributed by atoms with Crippen LogP contribution in [-0.4, -0.2) is 55.1 Å². The van der Waals surface area contributed by atoms with Crippen LogP contribution in [0.25, 0.3) is 0 Å². The highest BCUT2D eigenvalue weighted by Crippen LogP contribution is 2.29. The van der Waals surface area contributed by atoms with Crippen molar-refractivity contribution in [3.8, 4) is 0 Å². The number of benzene rings is 1. The lowest BCUT2D eigenvalue weighted by molar-refractivity contribution is 0.386. The van der Waals surface area contributed by atoms with E-state index in [0.717, 1.165) is 35.7 Å². The van der Waals surface area contributed by atoms with Crippen molar-refractivity contribution >= 4 is 15.8 Å². The molecule has 2 aromatic rings. The van der Waals surface area contributed by atoms with E-state index in [4.69, 9.17) is 9.97 Å². The van der Waals surface area contributed by atoms with Gasteiger partial charge in [0.1, 0.15) is 11.6 Å². The van der Waals surface area contributed by atoms with E-state index < -0.39 is 10.0 Å². The molecular weight excluding hydrogens is 396 g/mol. The van der Waals surface area contributed by atoms with Crippen molar-refractivity contribution in [1.82, 2.24) is 14.3 Å². The van der Waals surface area contributed by atoms with Crippen LogP contribution in [0.15, 0.2) is 18.2 Å². The highest BCUT2D eigenvalue weighted by atomic mass is 32.2. The molecule has 1 aromatic carbocycles. The average Bonchev–Trinajstić information content (AvgIpc) is 2.70. The van der Waals surface area contributed by atoms with E-state index in [-0.39, 0.29) is 5.92 Å². The molecule has 0 amide bonds. The van der Waals surface area contributed by atoms with Crippen molar-refractivity contribution in [2.45, 2.75) is 53.4 Å². The van der Waals surface area contributed by atoms with Crippen LogP contribution in [0, 0.1) is 20.8 Å². The van der Waals surface area contributed by atoms with Gasteiger partial charge in [0.05, 0.1) is 6.26 Å². The Morgan fingerprint density at radius 2 is 1.73 bits per heavy atom. The van der Waals surface area contributed by atoms with Gasteiger partial charge in [-0.25, -0.2) is 18.4 Å². The molecule has 30 heavy (non-hydrogen) atoms. The Morgan fingerprint density at radius 1 is 1.07 bits per heavy atom. The van der Waals surface area contributed by atoms with E-state index in [2.05, 4.69) is 57.7 Å². The standard InChI is InChI=1S/C23H34N4O2S/c1-7-17(3)22-24-19(5)21(15-20-14-16(2)8-9-18(20)4)23(25-22)26-10-12-27(13-11-26)30(6,28)29/h8-9,14,17H,7,10-13,15H2,1-6H3. The summed E-state index contributed by atoms with van der Waals surface area (Å²) in [7, 11) is -3.16. The first kappa shape index (κ1) is 22.7. The van der Waals surface area contributed by atoms with E-state index in [9.17, 15) is 8.42 Å².